The minimum absolute atomic E-state index is 0.0424. The summed E-state index contributed by atoms with van der Waals surface area (Å²) in [4.78, 5) is 0. The molecular weight excluding hydrogens is 336 g/mol. The van der Waals surface area contributed by atoms with Crippen LogP contribution in [0.3, 0.4) is 0 Å². The molecule has 0 aliphatic carbocycles. The minimum Gasteiger partial charge on any atom is -0.490 e. The number of rotatable bonds is 6. The number of amidine groups is 1. The van der Waals surface area contributed by atoms with Gasteiger partial charge in [0.05, 0.1) is 0 Å². The molecule has 6 heteroatoms. The average Bonchev–Trinajstić information content (AvgIpc) is 2.52. The molecule has 2 rings (SSSR count). The predicted octanol–water partition coefficient (Wildman–Crippen LogP) is 3.00. The molecule has 0 spiro atoms. The molecule has 0 radical (unpaired) electrons. The van der Waals surface area contributed by atoms with Crippen molar-refractivity contribution in [3.63, 3.8) is 0 Å². The van der Waals surface area contributed by atoms with E-state index < -0.39 is 0 Å². The predicted molar refractivity (Wildman–Crippen MR) is 84.1 cm³/mol. The Balaban J connectivity index is 1.85. The van der Waals surface area contributed by atoms with Crippen LogP contribution in [0.15, 0.2) is 58.2 Å². The largest absolute Gasteiger partial charge is 0.490 e. The van der Waals surface area contributed by atoms with Crippen molar-refractivity contribution in [3.8, 4) is 11.5 Å². The normalized spacial score (nSPS) is 11.2. The van der Waals surface area contributed by atoms with Crippen LogP contribution in [0.25, 0.3) is 0 Å². The van der Waals surface area contributed by atoms with E-state index in [1.165, 1.54) is 0 Å². The highest BCUT2D eigenvalue weighted by molar-refractivity contribution is 9.10. The Bertz CT molecular complexity index is 618. The van der Waals surface area contributed by atoms with Gasteiger partial charge in [-0.15, -0.1) is 0 Å². The number of nitrogens with two attached hydrogens (primary N) is 1. The van der Waals surface area contributed by atoms with E-state index in [-0.39, 0.29) is 5.84 Å². The monoisotopic (exact) mass is 350 g/mol. The molecule has 0 aliphatic rings. The van der Waals surface area contributed by atoms with Gasteiger partial charge in [-0.05, 0) is 46.3 Å². The lowest BCUT2D eigenvalue weighted by Crippen LogP contribution is -2.14. The van der Waals surface area contributed by atoms with Crippen LogP contribution in [-0.2, 0) is 0 Å². The van der Waals surface area contributed by atoms with Crippen molar-refractivity contribution in [2.75, 3.05) is 13.2 Å². The number of hydrogen-bond acceptors (Lipinski definition) is 4. The molecule has 0 unspecified atom stereocenters. The summed E-state index contributed by atoms with van der Waals surface area (Å²) in [6.07, 6.45) is 0. The molecule has 0 amide bonds. The second kappa shape index (κ2) is 7.54. The second-order valence-corrected chi connectivity index (χ2v) is 4.99. The molecule has 2 aromatic rings. The summed E-state index contributed by atoms with van der Waals surface area (Å²) in [5.74, 6) is 1.53. The van der Waals surface area contributed by atoms with Crippen LogP contribution in [0.2, 0.25) is 0 Å². The molecule has 0 aliphatic heterocycles. The number of ether oxygens (including phenoxy) is 2. The van der Waals surface area contributed by atoms with Gasteiger partial charge < -0.3 is 20.4 Å². The first-order valence-electron chi connectivity index (χ1n) is 6.29. The van der Waals surface area contributed by atoms with E-state index in [4.69, 9.17) is 20.4 Å². The lowest BCUT2D eigenvalue weighted by molar-refractivity contribution is 0.217. The maximum atomic E-state index is 8.66. The van der Waals surface area contributed by atoms with Crippen LogP contribution in [0.1, 0.15) is 5.56 Å². The van der Waals surface area contributed by atoms with E-state index in [1.54, 1.807) is 18.2 Å². The van der Waals surface area contributed by atoms with E-state index in [0.717, 1.165) is 5.75 Å². The Hall–Kier alpha value is -2.21. The SMILES string of the molecule is N/C(=N/O)c1ccc(OCCOc2ccccc2)cc1Br. The molecule has 2 aromatic carbocycles. The maximum Gasteiger partial charge on any atom is 0.171 e. The maximum absolute atomic E-state index is 8.66. The van der Waals surface area contributed by atoms with Crippen LogP contribution in [0, 0.1) is 0 Å². The molecule has 0 atom stereocenters. The van der Waals surface area contributed by atoms with Gasteiger partial charge in [0.1, 0.15) is 24.7 Å². The van der Waals surface area contributed by atoms with Gasteiger partial charge in [0.25, 0.3) is 0 Å². The van der Waals surface area contributed by atoms with Crippen LogP contribution < -0.4 is 15.2 Å². The molecule has 0 aromatic heterocycles. The van der Waals surface area contributed by atoms with Gasteiger partial charge in [0.2, 0.25) is 0 Å². The highest BCUT2D eigenvalue weighted by Crippen LogP contribution is 2.23. The molecule has 0 heterocycles. The number of oxime groups is 1. The summed E-state index contributed by atoms with van der Waals surface area (Å²) >= 11 is 3.35. The summed E-state index contributed by atoms with van der Waals surface area (Å²) in [5.41, 5.74) is 6.14. The zero-order valence-corrected chi connectivity index (χ0v) is 12.8. The van der Waals surface area contributed by atoms with Crippen LogP contribution in [0.5, 0.6) is 11.5 Å². The van der Waals surface area contributed by atoms with E-state index >= 15 is 0 Å². The molecule has 0 bridgehead atoms. The molecular formula is C15H15BrN2O3. The van der Waals surface area contributed by atoms with E-state index in [2.05, 4.69) is 21.1 Å². The Kier molecular flexibility index (Phi) is 5.45. The Morgan fingerprint density at radius 2 is 1.71 bits per heavy atom. The van der Waals surface area contributed by atoms with Crippen LogP contribution in [0.4, 0.5) is 0 Å². The summed E-state index contributed by atoms with van der Waals surface area (Å²) in [6, 6.07) is 14.8. The minimum atomic E-state index is 0.0424. The third kappa shape index (κ3) is 4.39. The third-order valence-corrected chi connectivity index (χ3v) is 3.34. The van der Waals surface area contributed by atoms with Crippen LogP contribution >= 0.6 is 15.9 Å². The van der Waals surface area contributed by atoms with Crippen molar-refractivity contribution in [1.29, 1.82) is 0 Å². The van der Waals surface area contributed by atoms with Crippen molar-refractivity contribution in [3.05, 3.63) is 58.6 Å². The quantitative estimate of drug-likeness (QED) is 0.276. The number of nitrogens with zero attached hydrogens (tertiary/aromatic N) is 1. The Labute approximate surface area is 131 Å². The number of para-hydroxylation sites is 1. The zero-order valence-electron chi connectivity index (χ0n) is 11.2. The van der Waals surface area contributed by atoms with Gasteiger partial charge in [-0.3, -0.25) is 0 Å². The molecule has 5 nitrogen and oxygen atoms in total. The average molecular weight is 351 g/mol. The molecule has 21 heavy (non-hydrogen) atoms. The van der Waals surface area contributed by atoms with Crippen molar-refractivity contribution in [1.82, 2.24) is 0 Å². The Morgan fingerprint density at radius 1 is 1.05 bits per heavy atom. The molecule has 0 saturated carbocycles. The lowest BCUT2D eigenvalue weighted by Gasteiger charge is -2.10. The van der Waals surface area contributed by atoms with Gasteiger partial charge in [-0.1, -0.05) is 23.4 Å². The molecule has 110 valence electrons. The van der Waals surface area contributed by atoms with Gasteiger partial charge >= 0.3 is 0 Å². The lowest BCUT2D eigenvalue weighted by atomic mass is 10.2. The first kappa shape index (κ1) is 15.2. The number of halogens is 1. The molecule has 3 N–H and O–H groups in total. The topological polar surface area (TPSA) is 77.1 Å². The first-order valence-corrected chi connectivity index (χ1v) is 7.08. The van der Waals surface area contributed by atoms with Crippen molar-refractivity contribution >= 4 is 21.8 Å². The third-order valence-electron chi connectivity index (χ3n) is 2.69. The smallest absolute Gasteiger partial charge is 0.171 e. The zero-order chi connectivity index (χ0) is 15.1. The van der Waals surface area contributed by atoms with E-state index in [0.29, 0.717) is 29.0 Å². The van der Waals surface area contributed by atoms with Gasteiger partial charge in [-0.25, -0.2) is 0 Å². The van der Waals surface area contributed by atoms with Crippen molar-refractivity contribution < 1.29 is 14.7 Å². The fraction of sp³-hybridized carbons (Fsp3) is 0.133. The fourth-order valence-corrected chi connectivity index (χ4v) is 2.24. The van der Waals surface area contributed by atoms with Crippen LogP contribution in [-0.4, -0.2) is 24.3 Å². The number of benzene rings is 2. The second-order valence-electron chi connectivity index (χ2n) is 4.14. The summed E-state index contributed by atoms with van der Waals surface area (Å²) < 4.78 is 11.8. The summed E-state index contributed by atoms with van der Waals surface area (Å²) in [5, 5.41) is 11.6. The highest BCUT2D eigenvalue weighted by Gasteiger charge is 2.06. The standard InChI is InChI=1S/C15H15BrN2O3/c16-14-10-12(6-7-13(14)15(17)18-19)21-9-8-20-11-4-2-1-3-5-11/h1-7,10,19H,8-9H2,(H2,17,18). The van der Waals surface area contributed by atoms with Gasteiger partial charge in [0, 0.05) is 10.0 Å². The van der Waals surface area contributed by atoms with E-state index in [1.807, 2.05) is 30.3 Å². The molecule has 0 saturated heterocycles. The fourth-order valence-electron chi connectivity index (χ4n) is 1.68. The van der Waals surface area contributed by atoms with Crippen molar-refractivity contribution in [2.45, 2.75) is 0 Å². The molecule has 0 fully saturated rings. The van der Waals surface area contributed by atoms with Crippen molar-refractivity contribution in [2.24, 2.45) is 10.9 Å². The first-order chi connectivity index (χ1) is 10.2. The Morgan fingerprint density at radius 3 is 2.33 bits per heavy atom. The number of hydrogen-bond donors (Lipinski definition) is 2. The summed E-state index contributed by atoms with van der Waals surface area (Å²) in [7, 11) is 0. The van der Waals surface area contributed by atoms with Gasteiger partial charge in [0.15, 0.2) is 5.84 Å². The highest BCUT2D eigenvalue weighted by atomic mass is 79.9. The van der Waals surface area contributed by atoms with Gasteiger partial charge in [-0.2, -0.15) is 0 Å². The summed E-state index contributed by atoms with van der Waals surface area (Å²) in [6.45, 7) is 0.869. The van der Waals surface area contributed by atoms with E-state index in [9.17, 15) is 0 Å².